The van der Waals surface area contributed by atoms with E-state index in [1.807, 2.05) is 72.8 Å². The molecular weight excluding hydrogens is 324 g/mol. The summed E-state index contributed by atoms with van der Waals surface area (Å²) in [4.78, 5) is 12.9. The van der Waals surface area contributed by atoms with E-state index in [9.17, 15) is 4.79 Å². The first-order valence-corrected chi connectivity index (χ1v) is 8.19. The van der Waals surface area contributed by atoms with Crippen molar-refractivity contribution >= 4 is 17.7 Å². The van der Waals surface area contributed by atoms with Gasteiger partial charge in [-0.1, -0.05) is 72.8 Å². The van der Waals surface area contributed by atoms with E-state index in [1.165, 1.54) is 0 Å². The Morgan fingerprint density at radius 2 is 1.38 bits per heavy atom. The van der Waals surface area contributed by atoms with Crippen molar-refractivity contribution in [1.29, 1.82) is 0 Å². The molecule has 0 atom stereocenters. The van der Waals surface area contributed by atoms with Crippen LogP contribution in [0, 0.1) is 0 Å². The third kappa shape index (κ3) is 4.11. The maximum absolute atomic E-state index is 12.9. The summed E-state index contributed by atoms with van der Waals surface area (Å²) in [6.07, 6.45) is 1.58. The van der Waals surface area contributed by atoms with Crippen LogP contribution in [0.4, 0.5) is 0 Å². The van der Waals surface area contributed by atoms with Gasteiger partial charge in [-0.15, -0.1) is 5.10 Å². The van der Waals surface area contributed by atoms with E-state index in [1.54, 1.807) is 25.5 Å². The SMILES string of the molecule is COc1ccccc1/C=N/N=C(/C(=O)c1ccccc1)c1ccccc1. The molecule has 0 spiro atoms. The fraction of sp³-hybridized carbons (Fsp3) is 0.0455. The Bertz CT molecular complexity index is 933. The van der Waals surface area contributed by atoms with Crippen molar-refractivity contribution in [3.05, 3.63) is 102 Å². The van der Waals surface area contributed by atoms with Gasteiger partial charge in [0.2, 0.25) is 5.78 Å². The molecule has 0 N–H and O–H groups in total. The van der Waals surface area contributed by atoms with Crippen LogP contribution in [-0.2, 0) is 0 Å². The molecule has 4 nitrogen and oxygen atoms in total. The second-order valence-electron chi connectivity index (χ2n) is 5.50. The highest BCUT2D eigenvalue weighted by molar-refractivity contribution is 6.51. The molecule has 0 saturated carbocycles. The van der Waals surface area contributed by atoms with E-state index in [0.29, 0.717) is 17.0 Å². The third-order valence-electron chi connectivity index (χ3n) is 3.79. The standard InChI is InChI=1S/C22H18N2O2/c1-26-20-15-9-8-14-19(20)16-23-24-21(17-10-4-2-5-11-17)22(25)18-12-6-3-7-13-18/h2-16H,1H3/b23-16+,24-21+. The number of para-hydroxylation sites is 1. The van der Waals surface area contributed by atoms with E-state index in [-0.39, 0.29) is 5.78 Å². The average Bonchev–Trinajstić information content (AvgIpc) is 2.72. The van der Waals surface area contributed by atoms with Crippen molar-refractivity contribution in [2.24, 2.45) is 10.2 Å². The Kier molecular flexibility index (Phi) is 5.68. The van der Waals surface area contributed by atoms with Crippen molar-refractivity contribution in [3.63, 3.8) is 0 Å². The van der Waals surface area contributed by atoms with Gasteiger partial charge in [-0.05, 0) is 12.1 Å². The number of carbonyl (C=O) groups excluding carboxylic acids is 1. The second-order valence-corrected chi connectivity index (χ2v) is 5.50. The number of methoxy groups -OCH3 is 1. The van der Waals surface area contributed by atoms with Crippen LogP contribution in [0.25, 0.3) is 0 Å². The minimum Gasteiger partial charge on any atom is -0.496 e. The fourth-order valence-corrected chi connectivity index (χ4v) is 2.48. The third-order valence-corrected chi connectivity index (χ3v) is 3.79. The minimum atomic E-state index is -0.172. The number of nitrogens with zero attached hydrogens (tertiary/aromatic N) is 2. The van der Waals surface area contributed by atoms with E-state index in [4.69, 9.17) is 4.74 Å². The molecule has 0 radical (unpaired) electrons. The van der Waals surface area contributed by atoms with Gasteiger partial charge in [-0.25, -0.2) is 0 Å². The molecule has 0 bridgehead atoms. The van der Waals surface area contributed by atoms with Crippen LogP contribution in [0.15, 0.2) is 95.1 Å². The van der Waals surface area contributed by atoms with Crippen molar-refractivity contribution in [2.45, 2.75) is 0 Å². The van der Waals surface area contributed by atoms with Gasteiger partial charge in [-0.3, -0.25) is 4.79 Å². The highest BCUT2D eigenvalue weighted by Crippen LogP contribution is 2.15. The van der Waals surface area contributed by atoms with Gasteiger partial charge >= 0.3 is 0 Å². The second kappa shape index (κ2) is 8.53. The quantitative estimate of drug-likeness (QED) is 0.379. The van der Waals surface area contributed by atoms with Crippen LogP contribution in [-0.4, -0.2) is 24.8 Å². The molecule has 0 fully saturated rings. The van der Waals surface area contributed by atoms with Gasteiger partial charge in [-0.2, -0.15) is 5.10 Å². The highest BCUT2D eigenvalue weighted by atomic mass is 16.5. The molecule has 0 aliphatic rings. The predicted molar refractivity (Wildman–Crippen MR) is 104 cm³/mol. The highest BCUT2D eigenvalue weighted by Gasteiger charge is 2.16. The predicted octanol–water partition coefficient (Wildman–Crippen LogP) is 4.40. The number of hydrogen-bond acceptors (Lipinski definition) is 4. The summed E-state index contributed by atoms with van der Waals surface area (Å²) in [6, 6.07) is 25.9. The maximum atomic E-state index is 12.9. The van der Waals surface area contributed by atoms with Gasteiger partial charge in [0.25, 0.3) is 0 Å². The molecule has 4 heteroatoms. The molecule has 3 aromatic rings. The minimum absolute atomic E-state index is 0.172. The largest absolute Gasteiger partial charge is 0.496 e. The first-order chi connectivity index (χ1) is 12.8. The van der Waals surface area contributed by atoms with E-state index < -0.39 is 0 Å². The Labute approximate surface area is 152 Å². The van der Waals surface area contributed by atoms with E-state index in [0.717, 1.165) is 11.1 Å². The molecule has 0 aliphatic carbocycles. The van der Waals surface area contributed by atoms with Crippen LogP contribution in [0.2, 0.25) is 0 Å². The summed E-state index contributed by atoms with van der Waals surface area (Å²) in [5.41, 5.74) is 2.38. The van der Waals surface area contributed by atoms with Crippen LogP contribution < -0.4 is 4.74 Å². The summed E-state index contributed by atoms with van der Waals surface area (Å²) in [7, 11) is 1.60. The number of benzene rings is 3. The van der Waals surface area contributed by atoms with E-state index >= 15 is 0 Å². The van der Waals surface area contributed by atoms with Gasteiger partial charge < -0.3 is 4.74 Å². The molecule has 26 heavy (non-hydrogen) atoms. The lowest BCUT2D eigenvalue weighted by molar-refractivity contribution is 0.106. The molecule has 0 unspecified atom stereocenters. The summed E-state index contributed by atoms with van der Waals surface area (Å²) >= 11 is 0. The molecule has 0 aliphatic heterocycles. The number of ketones is 1. The van der Waals surface area contributed by atoms with Crippen molar-refractivity contribution in [2.75, 3.05) is 7.11 Å². The molecule has 0 saturated heterocycles. The first-order valence-electron chi connectivity index (χ1n) is 8.19. The Hall–Kier alpha value is -3.53. The van der Waals surface area contributed by atoms with Gasteiger partial charge in [0.15, 0.2) is 0 Å². The van der Waals surface area contributed by atoms with Crippen molar-refractivity contribution in [3.8, 4) is 5.75 Å². The Morgan fingerprint density at radius 1 is 0.808 bits per heavy atom. The molecule has 3 rings (SSSR count). The summed E-state index contributed by atoms with van der Waals surface area (Å²) in [5, 5.41) is 8.36. The van der Waals surface area contributed by atoms with Crippen LogP contribution in [0.5, 0.6) is 5.75 Å². The number of rotatable bonds is 6. The van der Waals surface area contributed by atoms with E-state index in [2.05, 4.69) is 10.2 Å². The Balaban J connectivity index is 1.97. The number of ether oxygens (including phenoxy) is 1. The number of carbonyl (C=O) groups is 1. The zero-order valence-electron chi connectivity index (χ0n) is 14.4. The zero-order chi connectivity index (χ0) is 18.2. The van der Waals surface area contributed by atoms with Crippen molar-refractivity contribution in [1.82, 2.24) is 0 Å². The van der Waals surface area contributed by atoms with Crippen LogP contribution >= 0.6 is 0 Å². The Morgan fingerprint density at radius 3 is 2.04 bits per heavy atom. The molecule has 128 valence electrons. The topological polar surface area (TPSA) is 51.0 Å². The monoisotopic (exact) mass is 342 g/mol. The lowest BCUT2D eigenvalue weighted by Crippen LogP contribution is -2.15. The normalized spacial score (nSPS) is 11.5. The van der Waals surface area contributed by atoms with Gasteiger partial charge in [0.1, 0.15) is 11.5 Å². The van der Waals surface area contributed by atoms with Gasteiger partial charge in [0.05, 0.1) is 13.3 Å². The number of Topliss-reactive ketones (excluding diaryl/α,β-unsaturated/α-hetero) is 1. The van der Waals surface area contributed by atoms with Gasteiger partial charge in [0, 0.05) is 16.7 Å². The summed E-state index contributed by atoms with van der Waals surface area (Å²) < 4.78 is 5.30. The maximum Gasteiger partial charge on any atom is 0.213 e. The first kappa shape index (κ1) is 17.3. The van der Waals surface area contributed by atoms with Crippen molar-refractivity contribution < 1.29 is 9.53 Å². The fourth-order valence-electron chi connectivity index (χ4n) is 2.48. The molecule has 0 heterocycles. The van der Waals surface area contributed by atoms with Crippen LogP contribution in [0.1, 0.15) is 21.5 Å². The lowest BCUT2D eigenvalue weighted by Gasteiger charge is -2.05. The molecule has 0 amide bonds. The number of hydrogen-bond donors (Lipinski definition) is 0. The zero-order valence-corrected chi connectivity index (χ0v) is 14.4. The summed E-state index contributed by atoms with van der Waals surface area (Å²) in [6.45, 7) is 0. The average molecular weight is 342 g/mol. The smallest absolute Gasteiger partial charge is 0.213 e. The van der Waals surface area contributed by atoms with Crippen LogP contribution in [0.3, 0.4) is 0 Å². The molecule has 0 aromatic heterocycles. The molecular formula is C22H18N2O2. The summed E-state index contributed by atoms with van der Waals surface area (Å²) in [5.74, 6) is 0.524. The molecule has 3 aromatic carbocycles. The lowest BCUT2D eigenvalue weighted by atomic mass is 10.0.